The second-order valence-electron chi connectivity index (χ2n) is 5.23. The van der Waals surface area contributed by atoms with E-state index in [9.17, 15) is 9.59 Å². The van der Waals surface area contributed by atoms with Crippen LogP contribution in [0.2, 0.25) is 0 Å². The largest absolute Gasteiger partial charge is 0.480 e. The number of benzene rings is 1. The number of aliphatic carboxylic acids is 1. The van der Waals surface area contributed by atoms with E-state index in [-0.39, 0.29) is 25.2 Å². The third kappa shape index (κ3) is 5.13. The van der Waals surface area contributed by atoms with Gasteiger partial charge in [0.15, 0.2) is 6.04 Å². The Balaban J connectivity index is 0.000000335. The average molecular weight is 308 g/mol. The molecule has 6 heteroatoms. The molecule has 0 radical (unpaired) electrons. The summed E-state index contributed by atoms with van der Waals surface area (Å²) in [6.45, 7) is 3.86. The predicted octanol–water partition coefficient (Wildman–Crippen LogP) is 1.32. The lowest BCUT2D eigenvalue weighted by Gasteiger charge is -2.25. The van der Waals surface area contributed by atoms with Crippen molar-refractivity contribution in [2.75, 3.05) is 13.3 Å². The first-order valence-electron chi connectivity index (χ1n) is 7.35. The number of amides is 1. The molecule has 0 bridgehead atoms. The van der Waals surface area contributed by atoms with Gasteiger partial charge in [-0.3, -0.25) is 4.79 Å². The highest BCUT2D eigenvalue weighted by atomic mass is 16.5. The van der Waals surface area contributed by atoms with Gasteiger partial charge in [0.1, 0.15) is 6.73 Å². The molecule has 1 aromatic rings. The Morgan fingerprint density at radius 3 is 2.18 bits per heavy atom. The zero-order chi connectivity index (χ0) is 16.5. The molecule has 1 saturated heterocycles. The Morgan fingerprint density at radius 1 is 1.27 bits per heavy atom. The van der Waals surface area contributed by atoms with Crippen LogP contribution in [0.3, 0.4) is 0 Å². The molecule has 3 atom stereocenters. The Bertz CT molecular complexity index is 440. The van der Waals surface area contributed by atoms with Crippen LogP contribution in [-0.2, 0) is 14.3 Å². The van der Waals surface area contributed by atoms with Crippen LogP contribution in [0.1, 0.15) is 20.3 Å². The van der Waals surface area contributed by atoms with Gasteiger partial charge in [0.2, 0.25) is 5.91 Å². The molecule has 1 heterocycles. The van der Waals surface area contributed by atoms with E-state index < -0.39 is 18.1 Å². The van der Waals surface area contributed by atoms with Crippen molar-refractivity contribution in [3.05, 3.63) is 36.4 Å². The summed E-state index contributed by atoms with van der Waals surface area (Å²) < 4.78 is 4.98. The van der Waals surface area contributed by atoms with E-state index in [1.165, 1.54) is 4.90 Å². The number of nitrogens with zero attached hydrogens (tertiary/aromatic N) is 1. The second kappa shape index (κ2) is 9.17. The molecule has 0 aromatic heterocycles. The molecule has 1 aliphatic heterocycles. The predicted molar refractivity (Wildman–Crippen MR) is 83.0 cm³/mol. The molecule has 122 valence electrons. The molecular weight excluding hydrogens is 284 g/mol. The van der Waals surface area contributed by atoms with Crippen LogP contribution >= 0.6 is 0 Å². The van der Waals surface area contributed by atoms with Crippen LogP contribution in [0, 0.1) is 5.92 Å². The van der Waals surface area contributed by atoms with Crippen LogP contribution in [0.15, 0.2) is 36.4 Å². The van der Waals surface area contributed by atoms with Crippen molar-refractivity contribution in [2.24, 2.45) is 11.7 Å². The van der Waals surface area contributed by atoms with Gasteiger partial charge in [-0.15, -0.1) is 0 Å². The summed E-state index contributed by atoms with van der Waals surface area (Å²) in [5, 5.41) is 8.90. The normalized spacial score (nSPS) is 19.8. The van der Waals surface area contributed by atoms with Crippen molar-refractivity contribution < 1.29 is 19.4 Å². The van der Waals surface area contributed by atoms with Gasteiger partial charge >= 0.3 is 5.97 Å². The fraction of sp³-hybridized carbons (Fsp3) is 0.500. The number of carboxylic acids is 1. The fourth-order valence-electron chi connectivity index (χ4n) is 1.94. The minimum Gasteiger partial charge on any atom is -0.480 e. The first-order chi connectivity index (χ1) is 10.5. The molecule has 2 rings (SSSR count). The smallest absolute Gasteiger partial charge is 0.328 e. The number of carbonyl (C=O) groups is 2. The quantitative estimate of drug-likeness (QED) is 0.875. The van der Waals surface area contributed by atoms with Gasteiger partial charge < -0.3 is 20.5 Å². The molecule has 0 spiro atoms. The van der Waals surface area contributed by atoms with Gasteiger partial charge in [-0.25, -0.2) is 4.79 Å². The highest BCUT2D eigenvalue weighted by Gasteiger charge is 2.37. The summed E-state index contributed by atoms with van der Waals surface area (Å²) in [5.74, 6) is -1.37. The first kappa shape index (κ1) is 18.1. The molecule has 1 fully saturated rings. The third-order valence-corrected chi connectivity index (χ3v) is 3.66. The Kier molecular flexibility index (Phi) is 7.56. The topological polar surface area (TPSA) is 92.9 Å². The second-order valence-corrected chi connectivity index (χ2v) is 5.23. The number of carbonyl (C=O) groups excluding carboxylic acids is 1. The Hall–Kier alpha value is -1.92. The number of carboxylic acid groups (broad SMARTS) is 1. The van der Waals surface area contributed by atoms with E-state index in [1.807, 2.05) is 50.2 Å². The van der Waals surface area contributed by atoms with Crippen LogP contribution in [0.25, 0.3) is 0 Å². The summed E-state index contributed by atoms with van der Waals surface area (Å²) in [5.41, 5.74) is 5.77. The van der Waals surface area contributed by atoms with Crippen LogP contribution < -0.4 is 5.73 Å². The summed E-state index contributed by atoms with van der Waals surface area (Å²) in [4.78, 5) is 24.0. The summed E-state index contributed by atoms with van der Waals surface area (Å²) in [6, 6.07) is 10.4. The van der Waals surface area contributed by atoms with Crippen molar-refractivity contribution in [1.82, 2.24) is 4.90 Å². The maximum Gasteiger partial charge on any atom is 0.328 e. The molecule has 1 amide bonds. The van der Waals surface area contributed by atoms with Crippen molar-refractivity contribution in [3.63, 3.8) is 0 Å². The van der Waals surface area contributed by atoms with E-state index >= 15 is 0 Å². The summed E-state index contributed by atoms with van der Waals surface area (Å²) in [7, 11) is 0. The number of nitrogens with two attached hydrogens (primary N) is 1. The Morgan fingerprint density at radius 2 is 1.77 bits per heavy atom. The number of rotatable bonds is 4. The molecule has 3 N–H and O–H groups in total. The monoisotopic (exact) mass is 308 g/mol. The minimum absolute atomic E-state index is 0.0138. The van der Waals surface area contributed by atoms with Crippen molar-refractivity contribution in [3.8, 4) is 0 Å². The molecule has 1 aliphatic rings. The number of hydrogen-bond donors (Lipinski definition) is 2. The molecular formula is C16H24N2O4. The zero-order valence-corrected chi connectivity index (χ0v) is 13.0. The van der Waals surface area contributed by atoms with Gasteiger partial charge in [0.05, 0.1) is 12.6 Å². The van der Waals surface area contributed by atoms with E-state index in [0.717, 1.165) is 6.42 Å². The molecule has 0 aliphatic carbocycles. The SMILES string of the molecule is CCC(C)C(N)C(=O)N1COCC1C(=O)O.c1ccccc1. The van der Waals surface area contributed by atoms with E-state index in [0.29, 0.717) is 0 Å². The van der Waals surface area contributed by atoms with Gasteiger partial charge in [-0.1, -0.05) is 56.7 Å². The zero-order valence-electron chi connectivity index (χ0n) is 13.0. The molecule has 6 nitrogen and oxygen atoms in total. The maximum absolute atomic E-state index is 11.9. The average Bonchev–Trinajstić information content (AvgIpc) is 3.04. The van der Waals surface area contributed by atoms with E-state index in [1.54, 1.807) is 0 Å². The third-order valence-electron chi connectivity index (χ3n) is 3.66. The van der Waals surface area contributed by atoms with Crippen molar-refractivity contribution >= 4 is 11.9 Å². The van der Waals surface area contributed by atoms with Crippen LogP contribution in [-0.4, -0.2) is 47.3 Å². The number of ether oxygens (including phenoxy) is 1. The lowest BCUT2D eigenvalue weighted by atomic mass is 9.98. The molecule has 1 aromatic carbocycles. The van der Waals surface area contributed by atoms with E-state index in [2.05, 4.69) is 0 Å². The summed E-state index contributed by atoms with van der Waals surface area (Å²) in [6.07, 6.45) is 0.777. The van der Waals surface area contributed by atoms with Crippen molar-refractivity contribution in [2.45, 2.75) is 32.4 Å². The van der Waals surface area contributed by atoms with Crippen LogP contribution in [0.4, 0.5) is 0 Å². The van der Waals surface area contributed by atoms with Gasteiger partial charge in [0.25, 0.3) is 0 Å². The van der Waals surface area contributed by atoms with Gasteiger partial charge in [0, 0.05) is 0 Å². The first-order valence-corrected chi connectivity index (χ1v) is 7.35. The van der Waals surface area contributed by atoms with Crippen molar-refractivity contribution in [1.29, 1.82) is 0 Å². The summed E-state index contributed by atoms with van der Waals surface area (Å²) >= 11 is 0. The lowest BCUT2D eigenvalue weighted by Crippen LogP contribution is -2.51. The molecule has 3 unspecified atom stereocenters. The fourth-order valence-corrected chi connectivity index (χ4v) is 1.94. The highest BCUT2D eigenvalue weighted by Crippen LogP contribution is 2.15. The molecule has 0 saturated carbocycles. The minimum atomic E-state index is -1.05. The highest BCUT2D eigenvalue weighted by molar-refractivity contribution is 5.87. The Labute approximate surface area is 130 Å². The van der Waals surface area contributed by atoms with Gasteiger partial charge in [-0.2, -0.15) is 0 Å². The standard InChI is InChI=1S/C10H18N2O4.C6H6/c1-3-6(2)8(11)9(13)12-5-16-4-7(12)10(14)15;1-2-4-6-5-3-1/h6-8H,3-5,11H2,1-2H3,(H,14,15);1-6H. The number of hydrogen-bond acceptors (Lipinski definition) is 4. The molecule has 22 heavy (non-hydrogen) atoms. The van der Waals surface area contributed by atoms with E-state index in [4.69, 9.17) is 15.6 Å². The lowest BCUT2D eigenvalue weighted by molar-refractivity contribution is -0.148. The van der Waals surface area contributed by atoms with Gasteiger partial charge in [-0.05, 0) is 5.92 Å². The maximum atomic E-state index is 11.9. The van der Waals surface area contributed by atoms with Crippen LogP contribution in [0.5, 0.6) is 0 Å².